The van der Waals surface area contributed by atoms with Gasteiger partial charge in [0, 0.05) is 31.4 Å². The Hall–Kier alpha value is -2.93. The Labute approximate surface area is 151 Å². The van der Waals surface area contributed by atoms with Crippen molar-refractivity contribution < 1.29 is 14.0 Å². The average Bonchev–Trinajstić information content (AvgIpc) is 2.98. The van der Waals surface area contributed by atoms with Crippen molar-refractivity contribution in [3.05, 3.63) is 54.0 Å². The van der Waals surface area contributed by atoms with Crippen LogP contribution >= 0.6 is 12.2 Å². The normalized spacial score (nSPS) is 10.5. The van der Waals surface area contributed by atoms with Gasteiger partial charge in [0.05, 0.1) is 0 Å². The molecule has 1 aromatic heterocycles. The quantitative estimate of drug-likeness (QED) is 0.650. The lowest BCUT2D eigenvalue weighted by Gasteiger charge is -2.15. The summed E-state index contributed by atoms with van der Waals surface area (Å²) in [7, 11) is 1.70. The largest absolute Gasteiger partial charge is 0.462 e. The zero-order chi connectivity index (χ0) is 18.4. The molecule has 1 aromatic carbocycles. The van der Waals surface area contributed by atoms with E-state index in [1.54, 1.807) is 43.5 Å². The average molecular weight is 357 g/mol. The minimum atomic E-state index is -0.362. The molecule has 0 aliphatic carbocycles. The summed E-state index contributed by atoms with van der Waals surface area (Å²) in [6.07, 6.45) is 2.91. The fraction of sp³-hybridized carbons (Fsp3) is 0.167. The van der Waals surface area contributed by atoms with Crippen molar-refractivity contribution >= 4 is 46.6 Å². The second-order valence-electron chi connectivity index (χ2n) is 5.35. The predicted molar refractivity (Wildman–Crippen MR) is 102 cm³/mol. The third-order valence-corrected chi connectivity index (χ3v) is 3.59. The van der Waals surface area contributed by atoms with Crippen LogP contribution in [-0.2, 0) is 9.59 Å². The maximum Gasteiger partial charge on any atom is 0.250 e. The van der Waals surface area contributed by atoms with Crippen molar-refractivity contribution in [2.45, 2.75) is 13.8 Å². The van der Waals surface area contributed by atoms with Gasteiger partial charge in [-0.05, 0) is 61.6 Å². The van der Waals surface area contributed by atoms with Gasteiger partial charge in [-0.1, -0.05) is 0 Å². The molecule has 2 amide bonds. The Kier molecular flexibility index (Phi) is 6.08. The van der Waals surface area contributed by atoms with Crippen LogP contribution in [0.15, 0.2) is 46.9 Å². The van der Waals surface area contributed by atoms with Crippen LogP contribution in [-0.4, -0.2) is 24.0 Å². The van der Waals surface area contributed by atoms with Gasteiger partial charge in [-0.3, -0.25) is 14.9 Å². The monoisotopic (exact) mass is 357 g/mol. The van der Waals surface area contributed by atoms with E-state index in [1.165, 1.54) is 17.9 Å². The van der Waals surface area contributed by atoms with E-state index in [0.29, 0.717) is 11.4 Å². The van der Waals surface area contributed by atoms with E-state index in [1.807, 2.05) is 13.0 Å². The molecule has 0 aliphatic rings. The number of thiocarbonyl (C=S) groups is 1. The smallest absolute Gasteiger partial charge is 0.250 e. The number of carbonyl (C=O) groups is 2. The molecule has 6 nitrogen and oxygen atoms in total. The Morgan fingerprint density at radius 2 is 1.84 bits per heavy atom. The Morgan fingerprint density at radius 3 is 2.40 bits per heavy atom. The van der Waals surface area contributed by atoms with Gasteiger partial charge in [-0.15, -0.1) is 0 Å². The third-order valence-electron chi connectivity index (χ3n) is 3.38. The van der Waals surface area contributed by atoms with Gasteiger partial charge in [0.25, 0.3) is 0 Å². The van der Waals surface area contributed by atoms with Crippen molar-refractivity contribution in [3.63, 3.8) is 0 Å². The van der Waals surface area contributed by atoms with Crippen molar-refractivity contribution in [2.75, 3.05) is 17.3 Å². The molecule has 0 fully saturated rings. The first kappa shape index (κ1) is 18.4. The molecule has 0 spiro atoms. The lowest BCUT2D eigenvalue weighted by atomic mass is 10.2. The van der Waals surface area contributed by atoms with Crippen LogP contribution in [0.3, 0.4) is 0 Å². The van der Waals surface area contributed by atoms with Crippen molar-refractivity contribution in [3.8, 4) is 0 Å². The van der Waals surface area contributed by atoms with Crippen molar-refractivity contribution in [1.29, 1.82) is 0 Å². The van der Waals surface area contributed by atoms with E-state index in [4.69, 9.17) is 16.6 Å². The lowest BCUT2D eigenvalue weighted by molar-refractivity contribution is -0.116. The third kappa shape index (κ3) is 5.58. The summed E-state index contributed by atoms with van der Waals surface area (Å²) in [6.45, 7) is 3.32. The summed E-state index contributed by atoms with van der Waals surface area (Å²) in [5.74, 6) is 0.953. The van der Waals surface area contributed by atoms with Gasteiger partial charge in [-0.25, -0.2) is 0 Å². The highest BCUT2D eigenvalue weighted by molar-refractivity contribution is 7.80. The molecule has 0 radical (unpaired) electrons. The molecule has 2 N–H and O–H groups in total. The summed E-state index contributed by atoms with van der Waals surface area (Å²) in [5.41, 5.74) is 1.47. The molecule has 0 bridgehead atoms. The summed E-state index contributed by atoms with van der Waals surface area (Å²) in [5, 5.41) is 5.64. The standard InChI is InChI=1S/C18H19N3O3S/c1-12-4-9-16(24-12)10-11-17(23)20-18(25)19-14-5-7-15(8-6-14)21(3)13(2)22/h4-11H,1-3H3,(H2,19,20,23,25). The molecule has 0 unspecified atom stereocenters. The number of nitrogens with one attached hydrogen (secondary N) is 2. The highest BCUT2D eigenvalue weighted by atomic mass is 32.1. The molecule has 7 heteroatoms. The summed E-state index contributed by atoms with van der Waals surface area (Å²) < 4.78 is 5.34. The number of amides is 2. The fourth-order valence-corrected chi connectivity index (χ4v) is 2.19. The molecule has 2 rings (SSSR count). The first-order chi connectivity index (χ1) is 11.8. The van der Waals surface area contributed by atoms with E-state index in [9.17, 15) is 9.59 Å². The molecule has 2 aromatic rings. The predicted octanol–water partition coefficient (Wildman–Crippen LogP) is 3.10. The number of benzene rings is 1. The molecular weight excluding hydrogens is 338 g/mol. The Morgan fingerprint density at radius 1 is 1.16 bits per heavy atom. The molecule has 0 saturated heterocycles. The van der Waals surface area contributed by atoms with Crippen LogP contribution in [0.4, 0.5) is 11.4 Å². The maximum atomic E-state index is 11.8. The van der Waals surface area contributed by atoms with Crippen LogP contribution in [0.1, 0.15) is 18.4 Å². The SMILES string of the molecule is CC(=O)N(C)c1ccc(NC(=S)NC(=O)C=Cc2ccc(C)o2)cc1. The zero-order valence-corrected chi connectivity index (χ0v) is 15.0. The van der Waals surface area contributed by atoms with Gasteiger partial charge in [0.1, 0.15) is 11.5 Å². The maximum absolute atomic E-state index is 11.8. The Bertz CT molecular complexity index is 809. The first-order valence-electron chi connectivity index (χ1n) is 7.56. The number of hydrogen-bond acceptors (Lipinski definition) is 4. The second kappa shape index (κ2) is 8.25. The van der Waals surface area contributed by atoms with Gasteiger partial charge < -0.3 is 14.6 Å². The van der Waals surface area contributed by atoms with E-state index >= 15 is 0 Å². The first-order valence-corrected chi connectivity index (χ1v) is 7.97. The topological polar surface area (TPSA) is 74.6 Å². The molecular formula is C18H19N3O3S. The second-order valence-corrected chi connectivity index (χ2v) is 5.76. The van der Waals surface area contributed by atoms with Gasteiger partial charge in [0.15, 0.2) is 5.11 Å². The van der Waals surface area contributed by atoms with Crippen LogP contribution < -0.4 is 15.5 Å². The van der Waals surface area contributed by atoms with E-state index in [0.717, 1.165) is 11.4 Å². The molecule has 0 saturated carbocycles. The van der Waals surface area contributed by atoms with E-state index in [-0.39, 0.29) is 16.9 Å². The highest BCUT2D eigenvalue weighted by Crippen LogP contribution is 2.16. The van der Waals surface area contributed by atoms with Crippen molar-refractivity contribution in [2.24, 2.45) is 0 Å². The summed E-state index contributed by atoms with van der Waals surface area (Å²) in [4.78, 5) is 24.7. The summed E-state index contributed by atoms with van der Waals surface area (Å²) in [6, 6.07) is 10.7. The highest BCUT2D eigenvalue weighted by Gasteiger charge is 2.06. The zero-order valence-electron chi connectivity index (χ0n) is 14.2. The Balaban J connectivity index is 1.88. The molecule has 0 atom stereocenters. The molecule has 1 heterocycles. The number of carbonyl (C=O) groups excluding carboxylic acids is 2. The number of anilines is 2. The fourth-order valence-electron chi connectivity index (χ4n) is 1.97. The number of nitrogens with zero attached hydrogens (tertiary/aromatic N) is 1. The van der Waals surface area contributed by atoms with Gasteiger partial charge >= 0.3 is 0 Å². The minimum Gasteiger partial charge on any atom is -0.462 e. The van der Waals surface area contributed by atoms with Crippen LogP contribution in [0.5, 0.6) is 0 Å². The van der Waals surface area contributed by atoms with Crippen LogP contribution in [0.25, 0.3) is 6.08 Å². The lowest BCUT2D eigenvalue weighted by Crippen LogP contribution is -2.32. The van der Waals surface area contributed by atoms with Crippen molar-refractivity contribution in [1.82, 2.24) is 5.32 Å². The van der Waals surface area contributed by atoms with E-state index < -0.39 is 0 Å². The van der Waals surface area contributed by atoms with Gasteiger partial charge in [-0.2, -0.15) is 0 Å². The summed E-state index contributed by atoms with van der Waals surface area (Å²) >= 11 is 5.11. The molecule has 130 valence electrons. The minimum absolute atomic E-state index is 0.0537. The molecule has 25 heavy (non-hydrogen) atoms. The number of hydrogen-bond donors (Lipinski definition) is 2. The molecule has 0 aliphatic heterocycles. The number of furan rings is 1. The van der Waals surface area contributed by atoms with E-state index in [2.05, 4.69) is 10.6 Å². The van der Waals surface area contributed by atoms with Crippen LogP contribution in [0, 0.1) is 6.92 Å². The van der Waals surface area contributed by atoms with Crippen LogP contribution in [0.2, 0.25) is 0 Å². The van der Waals surface area contributed by atoms with Gasteiger partial charge in [0.2, 0.25) is 11.8 Å². The number of aryl methyl sites for hydroxylation is 1. The number of rotatable bonds is 4.